The average molecular weight is 513 g/mol. The number of carbonyl (C=O) groups is 1. The molecule has 0 N–H and O–H groups in total. The molecule has 0 saturated heterocycles. The zero-order chi connectivity index (χ0) is 27.2. The number of hydrogen-bond donors (Lipinski definition) is 0. The van der Waals surface area contributed by atoms with Crippen LogP contribution in [0.3, 0.4) is 0 Å². The highest BCUT2D eigenvalue weighted by Crippen LogP contribution is 2.38. The Hall–Kier alpha value is -2.24. The third-order valence-electron chi connectivity index (χ3n) is 6.63. The summed E-state index contributed by atoms with van der Waals surface area (Å²) < 4.78 is 30.3. The Balaban J connectivity index is 2.52. The van der Waals surface area contributed by atoms with Gasteiger partial charge in [-0.2, -0.15) is 0 Å². The second-order valence-corrected chi connectivity index (χ2v) is 13.1. The largest absolute Gasteiger partial charge is 0.366 e. The normalized spacial score (nSPS) is 14.5. The van der Waals surface area contributed by atoms with Gasteiger partial charge in [-0.15, -0.1) is 0 Å². The lowest BCUT2D eigenvalue weighted by Crippen LogP contribution is -2.23. The minimum Gasteiger partial charge on any atom is -0.366 e. The number of sulfone groups is 1. The van der Waals surface area contributed by atoms with Crippen molar-refractivity contribution in [3.8, 4) is 0 Å². The zero-order valence-corrected chi connectivity index (χ0v) is 24.3. The maximum Gasteiger partial charge on any atom is 0.165 e. The van der Waals surface area contributed by atoms with Gasteiger partial charge in [-0.3, -0.25) is 4.79 Å². The molecule has 2 aromatic rings. The first-order chi connectivity index (χ1) is 16.7. The number of Topliss-reactive ketones (excluding diaryl/α,β-unsaturated/α-hetero) is 1. The van der Waals surface area contributed by atoms with Crippen molar-refractivity contribution in [3.05, 3.63) is 81.9 Å². The van der Waals surface area contributed by atoms with Crippen molar-refractivity contribution in [2.24, 2.45) is 0 Å². The molecule has 4 nitrogen and oxygen atoms in total. The maximum absolute atomic E-state index is 13.1. The van der Waals surface area contributed by atoms with Crippen molar-refractivity contribution in [1.82, 2.24) is 0 Å². The van der Waals surface area contributed by atoms with E-state index in [2.05, 4.69) is 53.7 Å². The van der Waals surface area contributed by atoms with Crippen LogP contribution in [0.15, 0.2) is 54.1 Å². The van der Waals surface area contributed by atoms with Crippen molar-refractivity contribution in [3.63, 3.8) is 0 Å². The van der Waals surface area contributed by atoms with Crippen LogP contribution < -0.4 is 0 Å². The predicted molar refractivity (Wildman–Crippen MR) is 151 cm³/mol. The summed E-state index contributed by atoms with van der Waals surface area (Å²) in [5.41, 5.74) is 6.41. The van der Waals surface area contributed by atoms with E-state index in [0.717, 1.165) is 5.57 Å². The van der Waals surface area contributed by atoms with Gasteiger partial charge in [0.05, 0.1) is 18.0 Å². The maximum atomic E-state index is 13.1. The molecule has 0 heterocycles. The molecule has 0 aromatic heterocycles. The highest BCUT2D eigenvalue weighted by atomic mass is 32.2. The van der Waals surface area contributed by atoms with E-state index < -0.39 is 15.9 Å². The molecule has 0 aliphatic carbocycles. The molecular formula is C31H44O4S. The summed E-state index contributed by atoms with van der Waals surface area (Å²) in [4.78, 5) is 13.1. The minimum atomic E-state index is -3.18. The molecule has 0 aliphatic rings. The Labute approximate surface area is 219 Å². The van der Waals surface area contributed by atoms with Crippen LogP contribution in [-0.2, 0) is 14.6 Å². The van der Waals surface area contributed by atoms with Gasteiger partial charge in [-0.05, 0) is 59.4 Å². The molecule has 0 saturated carbocycles. The number of rotatable bonds is 12. The zero-order valence-electron chi connectivity index (χ0n) is 23.5. The van der Waals surface area contributed by atoms with Crippen molar-refractivity contribution in [2.75, 3.05) is 12.0 Å². The quantitative estimate of drug-likeness (QED) is 0.215. The van der Waals surface area contributed by atoms with E-state index >= 15 is 0 Å². The van der Waals surface area contributed by atoms with Gasteiger partial charge >= 0.3 is 0 Å². The van der Waals surface area contributed by atoms with E-state index in [4.69, 9.17) is 4.74 Å². The number of ketones is 1. The fourth-order valence-corrected chi connectivity index (χ4v) is 5.00. The number of benzene rings is 2. The first-order valence-electron chi connectivity index (χ1n) is 13.0. The van der Waals surface area contributed by atoms with E-state index in [9.17, 15) is 13.2 Å². The van der Waals surface area contributed by atoms with E-state index in [1.165, 1.54) is 28.5 Å². The van der Waals surface area contributed by atoms with Crippen molar-refractivity contribution in [1.29, 1.82) is 0 Å². The topological polar surface area (TPSA) is 60.4 Å². The molecule has 2 rings (SSSR count). The van der Waals surface area contributed by atoms with E-state index in [0.29, 0.717) is 23.3 Å². The van der Waals surface area contributed by atoms with E-state index in [1.807, 2.05) is 32.0 Å². The molecule has 0 aliphatic heterocycles. The summed E-state index contributed by atoms with van der Waals surface area (Å²) >= 11 is 0. The Bertz CT molecular complexity index is 1130. The van der Waals surface area contributed by atoms with Crippen LogP contribution in [0.1, 0.15) is 118 Å². The predicted octanol–water partition coefficient (Wildman–Crippen LogP) is 7.77. The molecule has 0 fully saturated rings. The van der Waals surface area contributed by atoms with Gasteiger partial charge < -0.3 is 4.74 Å². The molecular weight excluding hydrogens is 468 g/mol. The monoisotopic (exact) mass is 512 g/mol. The summed E-state index contributed by atoms with van der Waals surface area (Å²) in [6, 6.07) is 13.8. The standard InChI is InChI=1S/C31H44O4S/c1-20(2)26-17-27(21(3)4)31(28(18-26)22(5)6)24(8)35-30(23(7)15-16-36(9,33)34)19-29(32)25-13-11-10-12-14-25/h10-15,17-18,20-22,24,30H,16,19H2,1-9H3/b23-15-/t24-,30-/m1/s1. The SMILES string of the molecule is C/C(=C/CS(C)(=O)=O)[C@@H](CC(=O)c1ccccc1)O[C@H](C)c1c(C(C)C)cc(C(C)C)cc1C(C)C. The minimum absolute atomic E-state index is 0.0248. The molecule has 0 unspecified atom stereocenters. The van der Waals surface area contributed by atoms with Gasteiger partial charge in [0.1, 0.15) is 0 Å². The van der Waals surface area contributed by atoms with Crippen LogP contribution in [0.5, 0.6) is 0 Å². The molecule has 5 heteroatoms. The highest BCUT2D eigenvalue weighted by Gasteiger charge is 2.26. The van der Waals surface area contributed by atoms with Crippen molar-refractivity contribution >= 4 is 15.6 Å². The molecule has 198 valence electrons. The fourth-order valence-electron chi connectivity index (χ4n) is 4.44. The Kier molecular flexibility index (Phi) is 10.7. The third-order valence-corrected chi connectivity index (χ3v) is 7.41. The third kappa shape index (κ3) is 8.41. The highest BCUT2D eigenvalue weighted by molar-refractivity contribution is 7.90. The molecule has 2 aromatic carbocycles. The van der Waals surface area contributed by atoms with Gasteiger partial charge in [-0.1, -0.05) is 90.1 Å². The second kappa shape index (κ2) is 12.8. The van der Waals surface area contributed by atoms with Crippen LogP contribution in [0.4, 0.5) is 0 Å². The first-order valence-corrected chi connectivity index (χ1v) is 15.0. The Morgan fingerprint density at radius 3 is 1.86 bits per heavy atom. The molecule has 0 spiro atoms. The van der Waals surface area contributed by atoms with Crippen LogP contribution in [0.25, 0.3) is 0 Å². The summed E-state index contributed by atoms with van der Waals surface area (Å²) in [5.74, 6) is 0.942. The van der Waals surface area contributed by atoms with Crippen LogP contribution >= 0.6 is 0 Å². The average Bonchev–Trinajstić information content (AvgIpc) is 2.80. The molecule has 2 atom stereocenters. The number of ether oxygens (including phenoxy) is 1. The molecule has 0 radical (unpaired) electrons. The summed E-state index contributed by atoms with van der Waals surface area (Å²) in [5, 5.41) is 0. The molecule has 36 heavy (non-hydrogen) atoms. The Morgan fingerprint density at radius 1 is 0.889 bits per heavy atom. The smallest absolute Gasteiger partial charge is 0.165 e. The van der Waals surface area contributed by atoms with Crippen LogP contribution in [0, 0.1) is 0 Å². The number of hydrogen-bond acceptors (Lipinski definition) is 4. The van der Waals surface area contributed by atoms with E-state index in [-0.39, 0.29) is 24.1 Å². The van der Waals surface area contributed by atoms with Crippen LogP contribution in [0.2, 0.25) is 0 Å². The van der Waals surface area contributed by atoms with E-state index in [1.54, 1.807) is 18.2 Å². The summed E-state index contributed by atoms with van der Waals surface area (Å²) in [6.07, 6.45) is 2.25. The number of carbonyl (C=O) groups excluding carboxylic acids is 1. The fraction of sp³-hybridized carbons (Fsp3) is 0.516. The van der Waals surface area contributed by atoms with Gasteiger partial charge in [0.2, 0.25) is 0 Å². The van der Waals surface area contributed by atoms with Gasteiger partial charge in [0.25, 0.3) is 0 Å². The molecule has 0 amide bonds. The first kappa shape index (κ1) is 30.0. The summed E-state index contributed by atoms with van der Waals surface area (Å²) in [7, 11) is -3.18. The second-order valence-electron chi connectivity index (χ2n) is 10.9. The lowest BCUT2D eigenvalue weighted by Gasteiger charge is -2.30. The van der Waals surface area contributed by atoms with Gasteiger partial charge in [-0.25, -0.2) is 8.42 Å². The van der Waals surface area contributed by atoms with Crippen molar-refractivity contribution < 1.29 is 17.9 Å². The molecule has 0 bridgehead atoms. The Morgan fingerprint density at radius 2 is 1.42 bits per heavy atom. The van der Waals surface area contributed by atoms with Crippen LogP contribution in [-0.4, -0.2) is 32.3 Å². The summed E-state index contributed by atoms with van der Waals surface area (Å²) in [6.45, 7) is 17.1. The van der Waals surface area contributed by atoms with Gasteiger partial charge in [0, 0.05) is 18.2 Å². The lowest BCUT2D eigenvalue weighted by molar-refractivity contribution is 0.0129. The van der Waals surface area contributed by atoms with Gasteiger partial charge in [0.15, 0.2) is 15.6 Å². The van der Waals surface area contributed by atoms with Crippen molar-refractivity contribution in [2.45, 2.75) is 91.8 Å². The lowest BCUT2D eigenvalue weighted by atomic mass is 9.82.